The molecule has 29 heavy (non-hydrogen) atoms. The third kappa shape index (κ3) is 5.26. The zero-order valence-corrected chi connectivity index (χ0v) is 18.3. The molecule has 0 radical (unpaired) electrons. The minimum absolute atomic E-state index is 0.120. The van der Waals surface area contributed by atoms with Gasteiger partial charge < -0.3 is 10.2 Å². The Morgan fingerprint density at radius 3 is 2.45 bits per heavy atom. The lowest BCUT2D eigenvalue weighted by Gasteiger charge is -2.33. The van der Waals surface area contributed by atoms with Crippen LogP contribution in [0.3, 0.4) is 0 Å². The van der Waals surface area contributed by atoms with Crippen molar-refractivity contribution in [2.24, 2.45) is 0 Å². The molecule has 1 fully saturated rings. The van der Waals surface area contributed by atoms with Crippen LogP contribution in [-0.2, 0) is 10.0 Å². The van der Waals surface area contributed by atoms with Gasteiger partial charge in [-0.25, -0.2) is 13.4 Å². The first-order valence-electron chi connectivity index (χ1n) is 9.42. The van der Waals surface area contributed by atoms with Crippen LogP contribution in [0.1, 0.15) is 35.7 Å². The molecule has 1 aliphatic rings. The Hall–Kier alpha value is -2.16. The molecule has 1 amide bonds. The number of benzene rings is 1. The molecule has 1 aliphatic heterocycles. The number of amides is 1. The first-order valence-corrected chi connectivity index (χ1v) is 11.6. The van der Waals surface area contributed by atoms with Crippen LogP contribution in [0.4, 0.5) is 11.5 Å². The van der Waals surface area contributed by atoms with Crippen LogP contribution in [0.25, 0.3) is 0 Å². The summed E-state index contributed by atoms with van der Waals surface area (Å²) in [5.41, 5.74) is 2.25. The van der Waals surface area contributed by atoms with Gasteiger partial charge in [0.1, 0.15) is 5.82 Å². The van der Waals surface area contributed by atoms with Crippen molar-refractivity contribution in [1.82, 2.24) is 14.2 Å². The van der Waals surface area contributed by atoms with Crippen molar-refractivity contribution in [2.45, 2.75) is 19.8 Å². The zero-order chi connectivity index (χ0) is 21.2. The third-order valence-electron chi connectivity index (χ3n) is 4.88. The van der Waals surface area contributed by atoms with E-state index in [1.54, 1.807) is 23.2 Å². The summed E-state index contributed by atoms with van der Waals surface area (Å²) in [6.45, 7) is 5.40. The summed E-state index contributed by atoms with van der Waals surface area (Å²) < 4.78 is 24.8. The van der Waals surface area contributed by atoms with Crippen LogP contribution in [0.15, 0.2) is 36.5 Å². The van der Waals surface area contributed by atoms with Gasteiger partial charge >= 0.3 is 0 Å². The van der Waals surface area contributed by atoms with Crippen molar-refractivity contribution in [3.05, 3.63) is 52.7 Å². The second-order valence-electron chi connectivity index (χ2n) is 7.40. The van der Waals surface area contributed by atoms with E-state index >= 15 is 0 Å². The Bertz CT molecular complexity index is 1000. The molecule has 1 N–H and O–H groups in total. The van der Waals surface area contributed by atoms with Crippen LogP contribution in [0.5, 0.6) is 0 Å². The fourth-order valence-corrected chi connectivity index (χ4v) is 4.32. The van der Waals surface area contributed by atoms with E-state index < -0.39 is 10.0 Å². The third-order valence-corrected chi connectivity index (χ3v) is 6.42. The Morgan fingerprint density at radius 2 is 1.86 bits per heavy atom. The number of anilines is 2. The number of halogens is 1. The molecular weight excluding hydrogens is 412 g/mol. The number of carbonyl (C=O) groups is 1. The van der Waals surface area contributed by atoms with Gasteiger partial charge in [-0.05, 0) is 35.7 Å². The molecule has 0 unspecified atom stereocenters. The van der Waals surface area contributed by atoms with Crippen LogP contribution in [-0.4, -0.2) is 60.9 Å². The fourth-order valence-electron chi connectivity index (χ4n) is 3.30. The Labute approximate surface area is 176 Å². The van der Waals surface area contributed by atoms with E-state index in [1.807, 2.05) is 32.0 Å². The molecule has 0 spiro atoms. The lowest BCUT2D eigenvalue weighted by molar-refractivity contribution is 0.0696. The number of piperazine rings is 1. The molecule has 2 aromatic rings. The Morgan fingerprint density at radius 1 is 1.17 bits per heavy atom. The van der Waals surface area contributed by atoms with Gasteiger partial charge in [-0.2, -0.15) is 4.31 Å². The number of pyridine rings is 1. The molecule has 0 saturated carbocycles. The van der Waals surface area contributed by atoms with Crippen molar-refractivity contribution < 1.29 is 13.2 Å². The van der Waals surface area contributed by atoms with Crippen LogP contribution < -0.4 is 5.32 Å². The highest BCUT2D eigenvalue weighted by atomic mass is 35.5. The number of rotatable bonds is 5. The minimum atomic E-state index is -3.23. The van der Waals surface area contributed by atoms with E-state index in [9.17, 15) is 13.2 Å². The van der Waals surface area contributed by atoms with Gasteiger partial charge in [-0.15, -0.1) is 0 Å². The topological polar surface area (TPSA) is 82.6 Å². The van der Waals surface area contributed by atoms with E-state index in [0.717, 1.165) is 11.3 Å². The van der Waals surface area contributed by atoms with Gasteiger partial charge in [-0.3, -0.25) is 4.79 Å². The second kappa shape index (κ2) is 8.69. The quantitative estimate of drug-likeness (QED) is 0.777. The monoisotopic (exact) mass is 436 g/mol. The van der Waals surface area contributed by atoms with Crippen molar-refractivity contribution >= 4 is 39.0 Å². The summed E-state index contributed by atoms with van der Waals surface area (Å²) in [6, 6.07) is 9.22. The summed E-state index contributed by atoms with van der Waals surface area (Å²) in [6.07, 6.45) is 2.78. The highest BCUT2D eigenvalue weighted by Crippen LogP contribution is 2.26. The summed E-state index contributed by atoms with van der Waals surface area (Å²) in [5.74, 6) is 0.632. The van der Waals surface area contributed by atoms with Crippen molar-refractivity contribution in [3.63, 3.8) is 0 Å². The maximum Gasteiger partial charge on any atom is 0.255 e. The predicted molar refractivity (Wildman–Crippen MR) is 115 cm³/mol. The molecule has 9 heteroatoms. The van der Waals surface area contributed by atoms with Gasteiger partial charge in [0.05, 0.1) is 11.8 Å². The first kappa shape index (κ1) is 21.5. The standard InChI is InChI=1S/C20H25ClN4O3S/c1-14(2)17-12-19(23-16-6-4-5-15(21)11-16)22-13-18(17)20(26)24-7-9-25(10-8-24)29(3,27)28/h4-6,11-14H,7-10H2,1-3H3,(H,22,23). The van der Waals surface area contributed by atoms with Gasteiger partial charge in [0.25, 0.3) is 5.91 Å². The normalized spacial score (nSPS) is 15.6. The molecule has 1 aromatic heterocycles. The summed E-state index contributed by atoms with van der Waals surface area (Å²) in [4.78, 5) is 19.2. The van der Waals surface area contributed by atoms with Gasteiger partial charge in [0.15, 0.2) is 0 Å². The number of sulfonamides is 1. The number of carbonyl (C=O) groups excluding carboxylic acids is 1. The van der Waals surface area contributed by atoms with E-state index in [4.69, 9.17) is 11.6 Å². The second-order valence-corrected chi connectivity index (χ2v) is 9.82. The van der Waals surface area contributed by atoms with Crippen LogP contribution in [0.2, 0.25) is 5.02 Å². The van der Waals surface area contributed by atoms with Gasteiger partial charge in [-0.1, -0.05) is 31.5 Å². The molecular formula is C20H25ClN4O3S. The summed E-state index contributed by atoms with van der Waals surface area (Å²) in [5, 5.41) is 3.84. The van der Waals surface area contributed by atoms with Crippen molar-refractivity contribution in [3.8, 4) is 0 Å². The Balaban J connectivity index is 1.79. The average Bonchev–Trinajstić information content (AvgIpc) is 2.67. The number of hydrogen-bond acceptors (Lipinski definition) is 5. The molecule has 0 aliphatic carbocycles. The maximum atomic E-state index is 13.1. The van der Waals surface area contributed by atoms with Crippen molar-refractivity contribution in [2.75, 3.05) is 37.8 Å². The fraction of sp³-hybridized carbons (Fsp3) is 0.400. The number of hydrogen-bond donors (Lipinski definition) is 1. The average molecular weight is 437 g/mol. The highest BCUT2D eigenvalue weighted by Gasteiger charge is 2.28. The van der Waals surface area contributed by atoms with Crippen LogP contribution in [0, 0.1) is 0 Å². The Kier molecular flexibility index (Phi) is 6.45. The van der Waals surface area contributed by atoms with E-state index in [2.05, 4.69) is 10.3 Å². The maximum absolute atomic E-state index is 13.1. The zero-order valence-electron chi connectivity index (χ0n) is 16.7. The molecule has 156 valence electrons. The summed E-state index contributed by atoms with van der Waals surface area (Å²) >= 11 is 6.03. The summed E-state index contributed by atoms with van der Waals surface area (Å²) in [7, 11) is -3.23. The SMILES string of the molecule is CC(C)c1cc(Nc2cccc(Cl)c2)ncc1C(=O)N1CCN(S(C)(=O)=O)CC1. The number of nitrogens with one attached hydrogen (secondary N) is 1. The molecule has 7 nitrogen and oxygen atoms in total. The molecule has 3 rings (SSSR count). The van der Waals surface area contributed by atoms with E-state index in [0.29, 0.717) is 42.6 Å². The van der Waals surface area contributed by atoms with Crippen molar-refractivity contribution in [1.29, 1.82) is 0 Å². The van der Waals surface area contributed by atoms with Gasteiger partial charge in [0.2, 0.25) is 10.0 Å². The highest BCUT2D eigenvalue weighted by molar-refractivity contribution is 7.88. The lowest BCUT2D eigenvalue weighted by Crippen LogP contribution is -2.50. The largest absolute Gasteiger partial charge is 0.340 e. The minimum Gasteiger partial charge on any atom is -0.340 e. The predicted octanol–water partition coefficient (Wildman–Crippen LogP) is 3.32. The number of nitrogens with zero attached hydrogens (tertiary/aromatic N) is 3. The molecule has 2 heterocycles. The number of aromatic nitrogens is 1. The molecule has 0 bridgehead atoms. The first-order chi connectivity index (χ1) is 13.6. The smallest absolute Gasteiger partial charge is 0.255 e. The van der Waals surface area contributed by atoms with Crippen LogP contribution >= 0.6 is 11.6 Å². The van der Waals surface area contributed by atoms with E-state index in [-0.39, 0.29) is 11.8 Å². The molecule has 0 atom stereocenters. The van der Waals surface area contributed by atoms with Gasteiger partial charge in [0, 0.05) is 43.1 Å². The lowest BCUT2D eigenvalue weighted by atomic mass is 9.98. The molecule has 1 aromatic carbocycles. The van der Waals surface area contributed by atoms with E-state index in [1.165, 1.54) is 10.6 Å². The molecule has 1 saturated heterocycles.